The van der Waals surface area contributed by atoms with E-state index in [9.17, 15) is 14.0 Å². The van der Waals surface area contributed by atoms with Crippen molar-refractivity contribution in [3.63, 3.8) is 0 Å². The van der Waals surface area contributed by atoms with Crippen LogP contribution in [0.2, 0.25) is 5.02 Å². The van der Waals surface area contributed by atoms with Gasteiger partial charge < -0.3 is 15.4 Å². The molecule has 2 unspecified atom stereocenters. The Kier molecular flexibility index (Phi) is 5.42. The first kappa shape index (κ1) is 18.2. The van der Waals surface area contributed by atoms with Crippen LogP contribution in [0, 0.1) is 17.7 Å². The maximum Gasteiger partial charge on any atom is 0.228 e. The topological polar surface area (TPSA) is 67.4 Å². The first-order valence-electron chi connectivity index (χ1n) is 8.14. The molecule has 0 aromatic heterocycles. The molecule has 2 aromatic carbocycles. The first-order valence-corrected chi connectivity index (χ1v) is 8.52. The SMILES string of the molecule is COc1ccc(CNC(=O)C2CC2C(=O)Nc2ccc(F)c(Cl)c2)cc1. The molecule has 1 aliphatic carbocycles. The Hall–Kier alpha value is -2.60. The fourth-order valence-corrected chi connectivity index (χ4v) is 2.83. The highest BCUT2D eigenvalue weighted by molar-refractivity contribution is 6.31. The van der Waals surface area contributed by atoms with Crippen molar-refractivity contribution in [1.29, 1.82) is 0 Å². The molecule has 1 aliphatic rings. The van der Waals surface area contributed by atoms with Gasteiger partial charge in [-0.05, 0) is 42.3 Å². The van der Waals surface area contributed by atoms with Crippen LogP contribution < -0.4 is 15.4 Å². The minimum atomic E-state index is -0.549. The van der Waals surface area contributed by atoms with E-state index in [2.05, 4.69) is 10.6 Å². The van der Waals surface area contributed by atoms with Crippen LogP contribution in [0.15, 0.2) is 42.5 Å². The number of rotatable bonds is 6. The minimum Gasteiger partial charge on any atom is -0.497 e. The zero-order chi connectivity index (χ0) is 18.7. The number of ether oxygens (including phenoxy) is 1. The molecule has 0 spiro atoms. The molecule has 136 valence electrons. The van der Waals surface area contributed by atoms with Crippen molar-refractivity contribution < 1.29 is 18.7 Å². The number of carbonyl (C=O) groups excluding carboxylic acids is 2. The average Bonchev–Trinajstić information content (AvgIpc) is 3.44. The predicted octanol–water partition coefficient (Wildman–Crippen LogP) is 3.38. The van der Waals surface area contributed by atoms with Crippen LogP contribution in [0.5, 0.6) is 5.75 Å². The Bertz CT molecular complexity index is 826. The summed E-state index contributed by atoms with van der Waals surface area (Å²) in [6.45, 7) is 0.390. The second kappa shape index (κ2) is 7.74. The van der Waals surface area contributed by atoms with Crippen LogP contribution >= 0.6 is 11.6 Å². The third-order valence-corrected chi connectivity index (χ3v) is 4.57. The van der Waals surface area contributed by atoms with Gasteiger partial charge in [-0.1, -0.05) is 23.7 Å². The average molecular weight is 377 g/mol. The molecule has 2 N–H and O–H groups in total. The first-order chi connectivity index (χ1) is 12.5. The van der Waals surface area contributed by atoms with E-state index in [4.69, 9.17) is 16.3 Å². The molecular weight excluding hydrogens is 359 g/mol. The Balaban J connectivity index is 1.48. The summed E-state index contributed by atoms with van der Waals surface area (Å²) in [5.41, 5.74) is 1.35. The normalized spacial score (nSPS) is 18.1. The molecule has 3 rings (SSSR count). The lowest BCUT2D eigenvalue weighted by atomic mass is 10.2. The van der Waals surface area contributed by atoms with Crippen molar-refractivity contribution in [3.8, 4) is 5.75 Å². The molecule has 26 heavy (non-hydrogen) atoms. The molecule has 0 radical (unpaired) electrons. The van der Waals surface area contributed by atoms with Crippen LogP contribution in [0.1, 0.15) is 12.0 Å². The molecule has 0 heterocycles. The van der Waals surface area contributed by atoms with Crippen LogP contribution in [0.4, 0.5) is 10.1 Å². The van der Waals surface area contributed by atoms with E-state index in [0.717, 1.165) is 11.3 Å². The van der Waals surface area contributed by atoms with Gasteiger partial charge in [-0.2, -0.15) is 0 Å². The second-order valence-corrected chi connectivity index (χ2v) is 6.54. The molecule has 0 aliphatic heterocycles. The number of benzene rings is 2. The third kappa shape index (κ3) is 4.32. The maximum absolute atomic E-state index is 13.1. The summed E-state index contributed by atoms with van der Waals surface area (Å²) in [7, 11) is 1.59. The number of hydrogen-bond donors (Lipinski definition) is 2. The Labute approximate surface area is 155 Å². The zero-order valence-electron chi connectivity index (χ0n) is 14.1. The van der Waals surface area contributed by atoms with E-state index >= 15 is 0 Å². The van der Waals surface area contributed by atoms with E-state index in [1.165, 1.54) is 18.2 Å². The molecular formula is C19H18ClFN2O3. The van der Waals surface area contributed by atoms with Gasteiger partial charge >= 0.3 is 0 Å². The van der Waals surface area contributed by atoms with E-state index in [1.54, 1.807) is 7.11 Å². The van der Waals surface area contributed by atoms with Crippen LogP contribution in [-0.4, -0.2) is 18.9 Å². The Morgan fingerprint density at radius 1 is 1.15 bits per heavy atom. The highest BCUT2D eigenvalue weighted by atomic mass is 35.5. The number of hydrogen-bond acceptors (Lipinski definition) is 3. The van der Waals surface area contributed by atoms with Crippen molar-refractivity contribution in [1.82, 2.24) is 5.32 Å². The Morgan fingerprint density at radius 3 is 2.50 bits per heavy atom. The third-order valence-electron chi connectivity index (χ3n) is 4.28. The highest BCUT2D eigenvalue weighted by Crippen LogP contribution is 2.39. The zero-order valence-corrected chi connectivity index (χ0v) is 14.8. The molecule has 2 atom stereocenters. The van der Waals surface area contributed by atoms with E-state index in [1.807, 2.05) is 24.3 Å². The number of methoxy groups -OCH3 is 1. The molecule has 1 saturated carbocycles. The van der Waals surface area contributed by atoms with Crippen molar-refractivity contribution >= 4 is 29.1 Å². The van der Waals surface area contributed by atoms with Gasteiger partial charge in [0.25, 0.3) is 0 Å². The van der Waals surface area contributed by atoms with Gasteiger partial charge in [-0.3, -0.25) is 9.59 Å². The number of carbonyl (C=O) groups is 2. The van der Waals surface area contributed by atoms with E-state index in [0.29, 0.717) is 18.7 Å². The summed E-state index contributed by atoms with van der Waals surface area (Å²) in [4.78, 5) is 24.4. The number of amides is 2. The summed E-state index contributed by atoms with van der Waals surface area (Å²) in [5, 5.41) is 5.43. The van der Waals surface area contributed by atoms with E-state index in [-0.39, 0.29) is 28.7 Å². The molecule has 0 saturated heterocycles. The molecule has 7 heteroatoms. The lowest BCUT2D eigenvalue weighted by molar-refractivity contribution is -0.125. The summed E-state index contributed by atoms with van der Waals surface area (Å²) < 4.78 is 18.2. The number of anilines is 1. The Morgan fingerprint density at radius 2 is 1.85 bits per heavy atom. The van der Waals surface area contributed by atoms with Gasteiger partial charge in [0, 0.05) is 12.2 Å². The smallest absolute Gasteiger partial charge is 0.228 e. The molecule has 1 fully saturated rings. The largest absolute Gasteiger partial charge is 0.497 e. The summed E-state index contributed by atoms with van der Waals surface area (Å²) in [6, 6.07) is 11.3. The number of nitrogens with one attached hydrogen (secondary N) is 2. The van der Waals surface area contributed by atoms with E-state index < -0.39 is 5.82 Å². The minimum absolute atomic E-state index is 0.0626. The second-order valence-electron chi connectivity index (χ2n) is 6.13. The molecule has 2 amide bonds. The van der Waals surface area contributed by atoms with Gasteiger partial charge in [-0.15, -0.1) is 0 Å². The quantitative estimate of drug-likeness (QED) is 0.812. The molecule has 5 nitrogen and oxygen atoms in total. The van der Waals surface area contributed by atoms with Gasteiger partial charge in [-0.25, -0.2) is 4.39 Å². The fourth-order valence-electron chi connectivity index (χ4n) is 2.65. The monoisotopic (exact) mass is 376 g/mol. The molecule has 2 aromatic rings. The van der Waals surface area contributed by atoms with Crippen molar-refractivity contribution in [3.05, 3.63) is 58.9 Å². The van der Waals surface area contributed by atoms with Crippen LogP contribution in [0.25, 0.3) is 0 Å². The van der Waals surface area contributed by atoms with Crippen LogP contribution in [-0.2, 0) is 16.1 Å². The van der Waals surface area contributed by atoms with Crippen molar-refractivity contribution in [2.45, 2.75) is 13.0 Å². The summed E-state index contributed by atoms with van der Waals surface area (Å²) in [6.07, 6.45) is 0.495. The van der Waals surface area contributed by atoms with Crippen LogP contribution in [0.3, 0.4) is 0 Å². The maximum atomic E-state index is 13.1. The lowest BCUT2D eigenvalue weighted by Gasteiger charge is -2.07. The summed E-state index contributed by atoms with van der Waals surface area (Å²) in [5.74, 6) is -0.944. The number of halogens is 2. The lowest BCUT2D eigenvalue weighted by Crippen LogP contribution is -2.27. The van der Waals surface area contributed by atoms with Gasteiger partial charge in [0.1, 0.15) is 11.6 Å². The van der Waals surface area contributed by atoms with Gasteiger partial charge in [0.2, 0.25) is 11.8 Å². The predicted molar refractivity (Wildman–Crippen MR) is 96.5 cm³/mol. The molecule has 0 bridgehead atoms. The van der Waals surface area contributed by atoms with Gasteiger partial charge in [0.15, 0.2) is 0 Å². The van der Waals surface area contributed by atoms with Crippen molar-refractivity contribution in [2.24, 2.45) is 11.8 Å². The standard InChI is InChI=1S/C19H18ClFN2O3/c1-26-13-5-2-11(3-6-13)10-22-18(24)14-9-15(14)19(25)23-12-4-7-17(21)16(20)8-12/h2-8,14-15H,9-10H2,1H3,(H,22,24)(H,23,25). The van der Waals surface area contributed by atoms with Crippen molar-refractivity contribution in [2.75, 3.05) is 12.4 Å². The fraction of sp³-hybridized carbons (Fsp3) is 0.263. The summed E-state index contributed by atoms with van der Waals surface area (Å²) >= 11 is 5.69. The van der Waals surface area contributed by atoms with Gasteiger partial charge in [0.05, 0.1) is 24.0 Å². The highest BCUT2D eigenvalue weighted by Gasteiger charge is 2.47.